The lowest BCUT2D eigenvalue weighted by molar-refractivity contribution is -0.173. The summed E-state index contributed by atoms with van der Waals surface area (Å²) in [6.07, 6.45) is -1.67. The first-order valence-electron chi connectivity index (χ1n) is 10.6. The molecule has 10 heteroatoms. The molecule has 10 nitrogen and oxygen atoms in total. The van der Waals surface area contributed by atoms with E-state index in [0.29, 0.717) is 0 Å². The summed E-state index contributed by atoms with van der Waals surface area (Å²) in [5, 5.41) is 0. The van der Waals surface area contributed by atoms with Crippen LogP contribution in [0.1, 0.15) is 27.7 Å². The quantitative estimate of drug-likeness (QED) is 0.195. The molecule has 0 radical (unpaired) electrons. The van der Waals surface area contributed by atoms with Crippen molar-refractivity contribution in [2.45, 2.75) is 69.9 Å². The minimum absolute atomic E-state index is 0.0203. The Hall–Kier alpha value is -2.98. The molecule has 3 heterocycles. The molecule has 0 unspecified atom stereocenters. The van der Waals surface area contributed by atoms with Gasteiger partial charge in [-0.15, -0.1) is 0 Å². The highest BCUT2D eigenvalue weighted by atomic mass is 16.7. The maximum absolute atomic E-state index is 13.0. The van der Waals surface area contributed by atoms with E-state index in [1.807, 2.05) is 0 Å². The third-order valence-corrected chi connectivity index (χ3v) is 6.47. The van der Waals surface area contributed by atoms with E-state index in [-0.39, 0.29) is 17.3 Å². The Kier molecular flexibility index (Phi) is 5.69. The summed E-state index contributed by atoms with van der Waals surface area (Å²) in [6.45, 7) is 10.0. The van der Waals surface area contributed by atoms with Gasteiger partial charge in [0.15, 0.2) is 17.8 Å². The van der Waals surface area contributed by atoms with Gasteiger partial charge in [-0.1, -0.05) is 6.58 Å². The van der Waals surface area contributed by atoms with Crippen LogP contribution in [0.15, 0.2) is 35.5 Å². The van der Waals surface area contributed by atoms with Gasteiger partial charge in [0.2, 0.25) is 0 Å². The summed E-state index contributed by atoms with van der Waals surface area (Å²) in [7, 11) is 1.18. The molecule has 0 amide bonds. The Balaban J connectivity index is 1.85. The summed E-state index contributed by atoms with van der Waals surface area (Å²) < 4.78 is 32.8. The smallest absolute Gasteiger partial charge is 0.341 e. The largest absolute Gasteiger partial charge is 0.466 e. The van der Waals surface area contributed by atoms with Crippen molar-refractivity contribution in [1.29, 1.82) is 0 Å². The van der Waals surface area contributed by atoms with Gasteiger partial charge in [-0.2, -0.15) is 0 Å². The number of carbonyl (C=O) groups excluding carboxylic acids is 4. The first-order valence-corrected chi connectivity index (χ1v) is 10.6. The number of rotatable bonds is 4. The number of ether oxygens (including phenoxy) is 6. The van der Waals surface area contributed by atoms with Crippen molar-refractivity contribution in [3.8, 4) is 0 Å². The molecule has 4 rings (SSSR count). The fourth-order valence-electron chi connectivity index (χ4n) is 4.27. The molecule has 3 fully saturated rings. The van der Waals surface area contributed by atoms with Crippen LogP contribution in [0.5, 0.6) is 0 Å². The standard InChI is InChI=1S/C23H26O10/c1-9-7-14-16(10(2)20(25)31-14)19(32-22(27)23(5)11(3)33-23)18(29-12(4)24)13(21(26)28-6)8-15-17(9)30-15/h7-8,11,14-19H,2H2,1,3-6H3/b9-7-,13-8+/t11-,14+,15+,16-,17-,18-,19-,23+/m0/s1. The molecular weight excluding hydrogens is 436 g/mol. The second kappa shape index (κ2) is 8.11. The molecule has 3 saturated heterocycles. The van der Waals surface area contributed by atoms with E-state index >= 15 is 0 Å². The molecule has 0 saturated carbocycles. The Morgan fingerprint density at radius 3 is 2.39 bits per heavy atom. The van der Waals surface area contributed by atoms with Crippen LogP contribution in [0.4, 0.5) is 0 Å². The van der Waals surface area contributed by atoms with E-state index in [1.54, 1.807) is 26.8 Å². The number of carbonyl (C=O) groups is 4. The highest BCUT2D eigenvalue weighted by Crippen LogP contribution is 2.43. The van der Waals surface area contributed by atoms with Crippen LogP contribution >= 0.6 is 0 Å². The van der Waals surface area contributed by atoms with E-state index in [9.17, 15) is 19.2 Å². The van der Waals surface area contributed by atoms with Crippen LogP contribution in [-0.4, -0.2) is 73.2 Å². The SMILES string of the molecule is C=C1C(=O)O[C@@H]2/C=C(/C)[C@@H]3O[C@@H]3/C=C(/C(=O)OC)[C@H](OC(C)=O)[C@@H](OC(=O)[C@]3(C)O[C@H]3C)[C@@H]12. The van der Waals surface area contributed by atoms with E-state index < -0.39 is 65.9 Å². The summed E-state index contributed by atoms with van der Waals surface area (Å²) in [5.74, 6) is -3.89. The second-order valence-corrected chi connectivity index (χ2v) is 8.73. The molecular formula is C23H26O10. The number of methoxy groups -OCH3 is 1. The molecule has 0 bridgehead atoms. The lowest BCUT2D eigenvalue weighted by Gasteiger charge is -2.33. The summed E-state index contributed by atoms with van der Waals surface area (Å²) in [6, 6.07) is 0. The number of hydrogen-bond donors (Lipinski definition) is 0. The van der Waals surface area contributed by atoms with Crippen molar-refractivity contribution >= 4 is 23.9 Å². The Morgan fingerprint density at radius 1 is 1.15 bits per heavy atom. The number of esters is 4. The van der Waals surface area contributed by atoms with Crippen molar-refractivity contribution in [2.24, 2.45) is 5.92 Å². The zero-order valence-electron chi connectivity index (χ0n) is 19.0. The van der Waals surface area contributed by atoms with Crippen LogP contribution in [0, 0.1) is 5.92 Å². The lowest BCUT2D eigenvalue weighted by Crippen LogP contribution is -2.48. The molecule has 0 N–H and O–H groups in total. The van der Waals surface area contributed by atoms with E-state index in [2.05, 4.69) is 6.58 Å². The third kappa shape index (κ3) is 4.08. The number of hydrogen-bond acceptors (Lipinski definition) is 10. The van der Waals surface area contributed by atoms with Crippen molar-refractivity contribution in [3.63, 3.8) is 0 Å². The van der Waals surface area contributed by atoms with Crippen LogP contribution in [0.25, 0.3) is 0 Å². The highest BCUT2D eigenvalue weighted by Gasteiger charge is 2.60. The first-order chi connectivity index (χ1) is 15.5. The molecule has 0 aromatic heterocycles. The fraction of sp³-hybridized carbons (Fsp3) is 0.565. The van der Waals surface area contributed by atoms with Gasteiger partial charge in [0.25, 0.3) is 0 Å². The maximum atomic E-state index is 13.0. The van der Waals surface area contributed by atoms with Gasteiger partial charge in [0.05, 0.1) is 24.7 Å². The van der Waals surface area contributed by atoms with Crippen LogP contribution in [-0.2, 0) is 47.6 Å². The molecule has 178 valence electrons. The number of fused-ring (bicyclic) bond motifs is 2. The minimum Gasteiger partial charge on any atom is -0.466 e. The molecule has 0 aromatic rings. The molecule has 8 atom stereocenters. The Labute approximate surface area is 190 Å². The predicted octanol–water partition coefficient (Wildman–Crippen LogP) is 0.932. The van der Waals surface area contributed by atoms with Gasteiger partial charge in [-0.05, 0) is 38.5 Å². The Bertz CT molecular complexity index is 993. The minimum atomic E-state index is -1.41. The zero-order valence-corrected chi connectivity index (χ0v) is 19.0. The van der Waals surface area contributed by atoms with E-state index in [1.165, 1.54) is 13.2 Å². The summed E-state index contributed by atoms with van der Waals surface area (Å²) >= 11 is 0. The Morgan fingerprint density at radius 2 is 1.82 bits per heavy atom. The van der Waals surface area contributed by atoms with Gasteiger partial charge in [-0.3, -0.25) is 4.79 Å². The van der Waals surface area contributed by atoms with E-state index in [0.717, 1.165) is 12.5 Å². The normalized spacial score (nSPS) is 42.3. The van der Waals surface area contributed by atoms with Crippen LogP contribution in [0.3, 0.4) is 0 Å². The monoisotopic (exact) mass is 462 g/mol. The summed E-state index contributed by atoms with van der Waals surface area (Å²) in [5.41, 5.74) is -0.497. The van der Waals surface area contributed by atoms with Crippen molar-refractivity contribution in [3.05, 3.63) is 35.5 Å². The molecule has 0 spiro atoms. The average Bonchev–Trinajstić information content (AvgIpc) is 3.62. The van der Waals surface area contributed by atoms with Gasteiger partial charge in [0.1, 0.15) is 18.3 Å². The van der Waals surface area contributed by atoms with Gasteiger partial charge >= 0.3 is 23.9 Å². The molecule has 4 aliphatic rings. The number of epoxide rings is 2. The molecule has 1 aliphatic carbocycles. The van der Waals surface area contributed by atoms with E-state index in [4.69, 9.17) is 28.4 Å². The van der Waals surface area contributed by atoms with Crippen molar-refractivity contribution in [2.75, 3.05) is 7.11 Å². The highest BCUT2D eigenvalue weighted by molar-refractivity contribution is 5.93. The van der Waals surface area contributed by atoms with Gasteiger partial charge in [-0.25, -0.2) is 14.4 Å². The van der Waals surface area contributed by atoms with Crippen molar-refractivity contribution < 1.29 is 47.6 Å². The van der Waals surface area contributed by atoms with Gasteiger partial charge < -0.3 is 28.4 Å². The van der Waals surface area contributed by atoms with Crippen LogP contribution < -0.4 is 0 Å². The topological polar surface area (TPSA) is 130 Å². The molecule has 0 aromatic carbocycles. The fourth-order valence-corrected chi connectivity index (χ4v) is 4.27. The lowest BCUT2D eigenvalue weighted by atomic mass is 9.83. The zero-order chi connectivity index (χ0) is 24.2. The predicted molar refractivity (Wildman–Crippen MR) is 109 cm³/mol. The summed E-state index contributed by atoms with van der Waals surface area (Å²) in [4.78, 5) is 50.3. The third-order valence-electron chi connectivity index (χ3n) is 6.47. The average molecular weight is 462 g/mol. The molecule has 33 heavy (non-hydrogen) atoms. The van der Waals surface area contributed by atoms with Crippen molar-refractivity contribution in [1.82, 2.24) is 0 Å². The first kappa shape index (κ1) is 23.2. The second-order valence-electron chi connectivity index (χ2n) is 8.73. The van der Waals surface area contributed by atoms with Crippen LogP contribution in [0.2, 0.25) is 0 Å². The van der Waals surface area contributed by atoms with Gasteiger partial charge in [0, 0.05) is 12.5 Å². The molecule has 3 aliphatic heterocycles. The maximum Gasteiger partial charge on any atom is 0.341 e.